The van der Waals surface area contributed by atoms with Crippen LogP contribution in [-0.2, 0) is 22.7 Å². The molecule has 0 fully saturated rings. The molecule has 0 saturated heterocycles. The van der Waals surface area contributed by atoms with Gasteiger partial charge in [0.2, 0.25) is 5.91 Å². The van der Waals surface area contributed by atoms with Crippen LogP contribution in [-0.4, -0.2) is 18.7 Å². The first kappa shape index (κ1) is 18.5. The predicted octanol–water partition coefficient (Wildman–Crippen LogP) is 3.82. The first-order chi connectivity index (χ1) is 10.3. The monoisotopic (exact) mass is 317 g/mol. The Labute approximate surface area is 128 Å². The van der Waals surface area contributed by atoms with Crippen LogP contribution in [0, 0.1) is 5.92 Å². The summed E-state index contributed by atoms with van der Waals surface area (Å²) in [5.74, 6) is -0.000483. The zero-order chi connectivity index (χ0) is 16.6. The number of hydrogen-bond acceptors (Lipinski definition) is 2. The van der Waals surface area contributed by atoms with Crippen LogP contribution in [0.15, 0.2) is 24.3 Å². The van der Waals surface area contributed by atoms with Crippen LogP contribution < -0.4 is 5.32 Å². The maximum atomic E-state index is 12.0. The zero-order valence-corrected chi connectivity index (χ0v) is 12.9. The number of rotatable bonds is 8. The molecular weight excluding hydrogens is 295 g/mol. The lowest BCUT2D eigenvalue weighted by molar-refractivity contribution is -0.176. The Kier molecular flexibility index (Phi) is 7.38. The van der Waals surface area contributed by atoms with E-state index < -0.39 is 12.8 Å². The van der Waals surface area contributed by atoms with Crippen molar-refractivity contribution in [2.24, 2.45) is 5.92 Å². The van der Waals surface area contributed by atoms with Gasteiger partial charge in [0.25, 0.3) is 0 Å². The van der Waals surface area contributed by atoms with Crippen LogP contribution in [0.1, 0.15) is 37.8 Å². The molecule has 0 heterocycles. The van der Waals surface area contributed by atoms with Crippen molar-refractivity contribution in [3.8, 4) is 0 Å². The predicted molar refractivity (Wildman–Crippen MR) is 78.1 cm³/mol. The van der Waals surface area contributed by atoms with Gasteiger partial charge < -0.3 is 10.1 Å². The van der Waals surface area contributed by atoms with Gasteiger partial charge in [-0.2, -0.15) is 13.2 Å². The molecule has 0 spiro atoms. The highest BCUT2D eigenvalue weighted by Gasteiger charge is 2.27. The van der Waals surface area contributed by atoms with Gasteiger partial charge in [-0.05, 0) is 17.5 Å². The number of hydrogen-bond donors (Lipinski definition) is 1. The summed E-state index contributed by atoms with van der Waals surface area (Å²) in [7, 11) is 0. The lowest BCUT2D eigenvalue weighted by Crippen LogP contribution is -2.28. The fourth-order valence-electron chi connectivity index (χ4n) is 1.97. The van der Waals surface area contributed by atoms with E-state index in [0.29, 0.717) is 12.1 Å². The second-order valence-corrected chi connectivity index (χ2v) is 5.33. The molecule has 1 aromatic rings. The van der Waals surface area contributed by atoms with Gasteiger partial charge in [-0.3, -0.25) is 4.79 Å². The molecule has 124 valence electrons. The average Bonchev–Trinajstić information content (AvgIpc) is 2.45. The third-order valence-corrected chi connectivity index (χ3v) is 3.19. The topological polar surface area (TPSA) is 38.3 Å². The summed E-state index contributed by atoms with van der Waals surface area (Å²) in [4.78, 5) is 11.8. The Morgan fingerprint density at radius 1 is 1.23 bits per heavy atom. The summed E-state index contributed by atoms with van der Waals surface area (Å²) in [6, 6.07) is 6.95. The largest absolute Gasteiger partial charge is 0.411 e. The van der Waals surface area contributed by atoms with Gasteiger partial charge in [0, 0.05) is 12.5 Å². The number of alkyl halides is 3. The molecule has 0 bridgehead atoms. The quantitative estimate of drug-likeness (QED) is 0.791. The summed E-state index contributed by atoms with van der Waals surface area (Å²) in [6.07, 6.45) is -2.50. The van der Waals surface area contributed by atoms with Gasteiger partial charge >= 0.3 is 6.18 Å². The molecule has 0 saturated carbocycles. The minimum absolute atomic E-state index is 0.0134. The van der Waals surface area contributed by atoms with Crippen LogP contribution >= 0.6 is 0 Å². The summed E-state index contributed by atoms with van der Waals surface area (Å²) in [5, 5.41) is 2.85. The highest BCUT2D eigenvalue weighted by atomic mass is 19.4. The molecule has 1 N–H and O–H groups in total. The normalized spacial score (nSPS) is 13.0. The molecular formula is C16H22F3NO2. The first-order valence-corrected chi connectivity index (χ1v) is 7.32. The van der Waals surface area contributed by atoms with Gasteiger partial charge in [-0.25, -0.2) is 0 Å². The van der Waals surface area contributed by atoms with Gasteiger partial charge in [0.15, 0.2) is 0 Å². The Morgan fingerprint density at radius 3 is 2.36 bits per heavy atom. The molecule has 0 aromatic heterocycles. The van der Waals surface area contributed by atoms with Crippen molar-refractivity contribution in [2.75, 3.05) is 6.61 Å². The lowest BCUT2D eigenvalue weighted by atomic mass is 10.1. The second-order valence-electron chi connectivity index (χ2n) is 5.33. The second kappa shape index (κ2) is 8.78. The van der Waals surface area contributed by atoms with E-state index in [1.165, 1.54) is 0 Å². The Hall–Kier alpha value is -1.56. The fraction of sp³-hybridized carbons (Fsp3) is 0.562. The number of nitrogens with one attached hydrogen (secondary N) is 1. The van der Waals surface area contributed by atoms with E-state index in [-0.39, 0.29) is 18.4 Å². The van der Waals surface area contributed by atoms with Crippen LogP contribution in [0.4, 0.5) is 13.2 Å². The summed E-state index contributed by atoms with van der Waals surface area (Å²) in [6.45, 7) is 3.00. The van der Waals surface area contributed by atoms with Crippen molar-refractivity contribution in [1.29, 1.82) is 0 Å². The van der Waals surface area contributed by atoms with Crippen molar-refractivity contribution in [1.82, 2.24) is 5.32 Å². The van der Waals surface area contributed by atoms with Crippen molar-refractivity contribution in [3.63, 3.8) is 0 Å². The van der Waals surface area contributed by atoms with Crippen molar-refractivity contribution >= 4 is 5.91 Å². The SMILES string of the molecule is CCCC(C)C(=O)NCc1ccc(COCC(F)(F)F)cc1. The van der Waals surface area contributed by atoms with Crippen LogP contribution in [0.2, 0.25) is 0 Å². The standard InChI is InChI=1S/C16H22F3NO2/c1-3-4-12(2)15(21)20-9-13-5-7-14(8-6-13)10-22-11-16(17,18)19/h5-8,12H,3-4,9-11H2,1-2H3,(H,20,21). The molecule has 3 nitrogen and oxygen atoms in total. The summed E-state index contributed by atoms with van der Waals surface area (Å²) in [5.41, 5.74) is 1.57. The molecule has 22 heavy (non-hydrogen) atoms. The van der Waals surface area contributed by atoms with E-state index in [0.717, 1.165) is 18.4 Å². The summed E-state index contributed by atoms with van der Waals surface area (Å²) >= 11 is 0. The number of carbonyl (C=O) groups excluding carboxylic acids is 1. The van der Waals surface area contributed by atoms with E-state index in [9.17, 15) is 18.0 Å². The fourth-order valence-corrected chi connectivity index (χ4v) is 1.97. The molecule has 0 aliphatic heterocycles. The van der Waals surface area contributed by atoms with Crippen molar-refractivity contribution in [2.45, 2.75) is 46.0 Å². The minimum atomic E-state index is -4.31. The first-order valence-electron chi connectivity index (χ1n) is 7.32. The summed E-state index contributed by atoms with van der Waals surface area (Å²) < 4.78 is 40.4. The molecule has 0 radical (unpaired) electrons. The maximum Gasteiger partial charge on any atom is 0.411 e. The number of benzene rings is 1. The van der Waals surface area contributed by atoms with Gasteiger partial charge in [-0.15, -0.1) is 0 Å². The van der Waals surface area contributed by atoms with E-state index >= 15 is 0 Å². The Balaban J connectivity index is 2.37. The highest BCUT2D eigenvalue weighted by molar-refractivity contribution is 5.78. The average molecular weight is 317 g/mol. The molecule has 1 atom stereocenters. The van der Waals surface area contributed by atoms with Crippen LogP contribution in [0.5, 0.6) is 0 Å². The number of carbonyl (C=O) groups is 1. The maximum absolute atomic E-state index is 12.0. The molecule has 0 aliphatic rings. The number of ether oxygens (including phenoxy) is 1. The molecule has 1 aromatic carbocycles. The number of amides is 1. The van der Waals surface area contributed by atoms with Crippen molar-refractivity contribution < 1.29 is 22.7 Å². The smallest absolute Gasteiger partial charge is 0.367 e. The van der Waals surface area contributed by atoms with E-state index in [2.05, 4.69) is 10.1 Å². The molecule has 6 heteroatoms. The third-order valence-electron chi connectivity index (χ3n) is 3.19. The van der Waals surface area contributed by atoms with Crippen molar-refractivity contribution in [3.05, 3.63) is 35.4 Å². The van der Waals surface area contributed by atoms with Crippen LogP contribution in [0.25, 0.3) is 0 Å². The molecule has 1 unspecified atom stereocenters. The van der Waals surface area contributed by atoms with Gasteiger partial charge in [-0.1, -0.05) is 44.5 Å². The third kappa shape index (κ3) is 7.45. The Bertz CT molecular complexity index is 457. The van der Waals surface area contributed by atoms with E-state index in [1.54, 1.807) is 24.3 Å². The van der Waals surface area contributed by atoms with E-state index in [4.69, 9.17) is 0 Å². The van der Waals surface area contributed by atoms with Crippen LogP contribution in [0.3, 0.4) is 0 Å². The Morgan fingerprint density at radius 2 is 1.82 bits per heavy atom. The van der Waals surface area contributed by atoms with E-state index in [1.807, 2.05) is 13.8 Å². The van der Waals surface area contributed by atoms with Gasteiger partial charge in [0.1, 0.15) is 6.61 Å². The minimum Gasteiger partial charge on any atom is -0.367 e. The zero-order valence-electron chi connectivity index (χ0n) is 12.9. The molecule has 1 rings (SSSR count). The lowest BCUT2D eigenvalue weighted by Gasteiger charge is -2.11. The van der Waals surface area contributed by atoms with Gasteiger partial charge in [0.05, 0.1) is 6.61 Å². The number of halogens is 3. The molecule has 1 amide bonds. The highest BCUT2D eigenvalue weighted by Crippen LogP contribution is 2.16. The molecule has 0 aliphatic carbocycles.